The highest BCUT2D eigenvalue weighted by Gasteiger charge is 2.49. The zero-order valence-electron chi connectivity index (χ0n) is 10.9. The number of nitrogens with two attached hydrogens (primary N) is 1. The molecule has 0 spiro atoms. The van der Waals surface area contributed by atoms with E-state index >= 15 is 0 Å². The number of rotatable bonds is 5. The lowest BCUT2D eigenvalue weighted by Crippen LogP contribution is -2.62. The molecule has 3 N–H and O–H groups in total. The summed E-state index contributed by atoms with van der Waals surface area (Å²) in [6.45, 7) is 6.51. The van der Waals surface area contributed by atoms with E-state index < -0.39 is 0 Å². The Morgan fingerprint density at radius 1 is 1.38 bits per heavy atom. The number of methoxy groups -OCH3 is 1. The molecule has 0 heterocycles. The molecule has 0 aliphatic heterocycles. The van der Waals surface area contributed by atoms with Crippen LogP contribution in [0.1, 0.15) is 39.5 Å². The van der Waals surface area contributed by atoms with Gasteiger partial charge < -0.3 is 15.8 Å². The molecular formula is C13H26N2O. The molecule has 0 saturated heterocycles. The van der Waals surface area contributed by atoms with E-state index in [1.165, 1.54) is 19.3 Å². The second-order valence-corrected chi connectivity index (χ2v) is 6.27. The highest BCUT2D eigenvalue weighted by molar-refractivity contribution is 5.04. The minimum atomic E-state index is 0.272. The summed E-state index contributed by atoms with van der Waals surface area (Å²) < 4.78 is 5.47. The molecule has 2 unspecified atom stereocenters. The topological polar surface area (TPSA) is 47.3 Å². The van der Waals surface area contributed by atoms with Gasteiger partial charge in [0, 0.05) is 25.1 Å². The van der Waals surface area contributed by atoms with Crippen molar-refractivity contribution < 1.29 is 4.74 Å². The minimum Gasteiger partial charge on any atom is -0.381 e. The standard InChI is InChI=1S/C13H26N2O/c1-12(2)10(7-11(12)16-3)15-9-13(8-14)5-4-6-13/h10-11,15H,4-9,14H2,1-3H3. The van der Waals surface area contributed by atoms with Crippen LogP contribution in [0.2, 0.25) is 0 Å². The first kappa shape index (κ1) is 12.3. The van der Waals surface area contributed by atoms with Gasteiger partial charge in [0.15, 0.2) is 0 Å². The first-order chi connectivity index (χ1) is 7.54. The second-order valence-electron chi connectivity index (χ2n) is 6.27. The molecule has 0 aromatic rings. The molecule has 16 heavy (non-hydrogen) atoms. The quantitative estimate of drug-likeness (QED) is 0.747. The monoisotopic (exact) mass is 226 g/mol. The van der Waals surface area contributed by atoms with Gasteiger partial charge in [0.1, 0.15) is 0 Å². The average molecular weight is 226 g/mol. The Kier molecular flexibility index (Phi) is 3.30. The predicted octanol–water partition coefficient (Wildman–Crippen LogP) is 1.52. The van der Waals surface area contributed by atoms with Crippen molar-refractivity contribution in [1.29, 1.82) is 0 Å². The van der Waals surface area contributed by atoms with Gasteiger partial charge in [0.25, 0.3) is 0 Å². The third kappa shape index (κ3) is 1.89. The van der Waals surface area contributed by atoms with Crippen molar-refractivity contribution in [3.8, 4) is 0 Å². The van der Waals surface area contributed by atoms with Crippen LogP contribution in [0, 0.1) is 10.8 Å². The molecule has 0 bridgehead atoms. The van der Waals surface area contributed by atoms with Crippen LogP contribution in [-0.4, -0.2) is 32.3 Å². The second kappa shape index (κ2) is 4.28. The van der Waals surface area contributed by atoms with Crippen molar-refractivity contribution in [3.05, 3.63) is 0 Å². The van der Waals surface area contributed by atoms with Gasteiger partial charge in [-0.1, -0.05) is 20.3 Å². The molecule has 3 heteroatoms. The summed E-state index contributed by atoms with van der Waals surface area (Å²) in [7, 11) is 1.82. The Morgan fingerprint density at radius 2 is 2.06 bits per heavy atom. The molecule has 2 atom stereocenters. The summed E-state index contributed by atoms with van der Waals surface area (Å²) in [5.41, 5.74) is 6.55. The Bertz CT molecular complexity index is 243. The maximum Gasteiger partial charge on any atom is 0.0652 e. The van der Waals surface area contributed by atoms with E-state index in [-0.39, 0.29) is 5.41 Å². The molecule has 2 aliphatic carbocycles. The van der Waals surface area contributed by atoms with Gasteiger partial charge in [-0.05, 0) is 31.2 Å². The molecular weight excluding hydrogens is 200 g/mol. The molecule has 2 fully saturated rings. The lowest BCUT2D eigenvalue weighted by atomic mass is 9.63. The minimum absolute atomic E-state index is 0.272. The van der Waals surface area contributed by atoms with Crippen molar-refractivity contribution in [2.24, 2.45) is 16.6 Å². The number of nitrogens with one attached hydrogen (secondary N) is 1. The molecule has 0 aromatic carbocycles. The summed E-state index contributed by atoms with van der Waals surface area (Å²) in [5, 5.41) is 3.71. The maximum absolute atomic E-state index is 5.87. The van der Waals surface area contributed by atoms with Crippen LogP contribution in [0.4, 0.5) is 0 Å². The van der Waals surface area contributed by atoms with E-state index in [0.29, 0.717) is 17.6 Å². The van der Waals surface area contributed by atoms with E-state index in [2.05, 4.69) is 19.2 Å². The molecule has 2 aliphatic rings. The zero-order chi connectivity index (χ0) is 11.8. The van der Waals surface area contributed by atoms with Gasteiger partial charge >= 0.3 is 0 Å². The average Bonchev–Trinajstić information content (AvgIpc) is 2.20. The largest absolute Gasteiger partial charge is 0.381 e. The third-order valence-corrected chi connectivity index (χ3v) is 5.03. The Hall–Kier alpha value is -0.120. The Morgan fingerprint density at radius 3 is 2.44 bits per heavy atom. The van der Waals surface area contributed by atoms with Crippen LogP contribution in [0.25, 0.3) is 0 Å². The first-order valence-corrected chi connectivity index (χ1v) is 6.50. The van der Waals surface area contributed by atoms with Crippen molar-refractivity contribution in [3.63, 3.8) is 0 Å². The highest BCUT2D eigenvalue weighted by atomic mass is 16.5. The fraction of sp³-hybridized carbons (Fsp3) is 1.00. The van der Waals surface area contributed by atoms with Crippen LogP contribution in [0.15, 0.2) is 0 Å². The highest BCUT2D eigenvalue weighted by Crippen LogP contribution is 2.44. The van der Waals surface area contributed by atoms with Gasteiger partial charge in [-0.2, -0.15) is 0 Å². The summed E-state index contributed by atoms with van der Waals surface area (Å²) in [4.78, 5) is 0. The molecule has 3 nitrogen and oxygen atoms in total. The Balaban J connectivity index is 1.79. The molecule has 2 rings (SSSR count). The molecule has 0 radical (unpaired) electrons. The van der Waals surface area contributed by atoms with Crippen molar-refractivity contribution in [2.45, 2.75) is 51.7 Å². The van der Waals surface area contributed by atoms with Crippen LogP contribution in [0.3, 0.4) is 0 Å². The fourth-order valence-electron chi connectivity index (χ4n) is 3.10. The van der Waals surface area contributed by atoms with Gasteiger partial charge in [0.05, 0.1) is 6.10 Å². The van der Waals surface area contributed by atoms with E-state index in [4.69, 9.17) is 10.5 Å². The smallest absolute Gasteiger partial charge is 0.0652 e. The van der Waals surface area contributed by atoms with Crippen LogP contribution in [0.5, 0.6) is 0 Å². The van der Waals surface area contributed by atoms with Gasteiger partial charge in [0.2, 0.25) is 0 Å². The summed E-state index contributed by atoms with van der Waals surface area (Å²) in [5.74, 6) is 0. The lowest BCUT2D eigenvalue weighted by molar-refractivity contribution is -0.101. The number of ether oxygens (including phenoxy) is 1. The fourth-order valence-corrected chi connectivity index (χ4v) is 3.10. The third-order valence-electron chi connectivity index (χ3n) is 5.03. The zero-order valence-corrected chi connectivity index (χ0v) is 10.9. The maximum atomic E-state index is 5.87. The van der Waals surface area contributed by atoms with E-state index in [0.717, 1.165) is 19.5 Å². The number of hydrogen-bond acceptors (Lipinski definition) is 3. The van der Waals surface area contributed by atoms with E-state index in [1.54, 1.807) is 0 Å². The Labute approximate surface area is 99.1 Å². The van der Waals surface area contributed by atoms with Crippen molar-refractivity contribution >= 4 is 0 Å². The van der Waals surface area contributed by atoms with Crippen LogP contribution < -0.4 is 11.1 Å². The normalized spacial score (nSPS) is 35.2. The molecule has 0 aromatic heterocycles. The van der Waals surface area contributed by atoms with Crippen molar-refractivity contribution in [1.82, 2.24) is 5.32 Å². The van der Waals surface area contributed by atoms with Crippen molar-refractivity contribution in [2.75, 3.05) is 20.2 Å². The SMILES string of the molecule is COC1CC(NCC2(CN)CCC2)C1(C)C. The van der Waals surface area contributed by atoms with Crippen LogP contribution in [-0.2, 0) is 4.74 Å². The van der Waals surface area contributed by atoms with Gasteiger partial charge in [-0.25, -0.2) is 0 Å². The lowest BCUT2D eigenvalue weighted by Gasteiger charge is -2.53. The summed E-state index contributed by atoms with van der Waals surface area (Å²) in [6, 6.07) is 0.599. The molecule has 0 amide bonds. The molecule has 2 saturated carbocycles. The van der Waals surface area contributed by atoms with Gasteiger partial charge in [-0.15, -0.1) is 0 Å². The van der Waals surface area contributed by atoms with Crippen LogP contribution >= 0.6 is 0 Å². The predicted molar refractivity (Wildman–Crippen MR) is 66.3 cm³/mol. The number of hydrogen-bond donors (Lipinski definition) is 2. The summed E-state index contributed by atoms with van der Waals surface area (Å²) >= 11 is 0. The van der Waals surface area contributed by atoms with E-state index in [9.17, 15) is 0 Å². The molecule has 94 valence electrons. The first-order valence-electron chi connectivity index (χ1n) is 6.50. The van der Waals surface area contributed by atoms with E-state index in [1.807, 2.05) is 7.11 Å². The van der Waals surface area contributed by atoms with Gasteiger partial charge in [-0.3, -0.25) is 0 Å². The summed E-state index contributed by atoms with van der Waals surface area (Å²) in [6.07, 6.45) is 5.52.